The zero-order valence-corrected chi connectivity index (χ0v) is 13.5. The van der Waals surface area contributed by atoms with Crippen LogP contribution in [0.25, 0.3) is 0 Å². The third kappa shape index (κ3) is 3.52. The van der Waals surface area contributed by atoms with Gasteiger partial charge in [0.1, 0.15) is 6.61 Å². The zero-order chi connectivity index (χ0) is 16.2. The predicted molar refractivity (Wildman–Crippen MR) is 84.4 cm³/mol. The van der Waals surface area contributed by atoms with Gasteiger partial charge >= 0.3 is 0 Å². The number of nitrogens with zero attached hydrogens (tertiary/aromatic N) is 3. The first-order valence-corrected chi connectivity index (χ1v) is 8.25. The summed E-state index contributed by atoms with van der Waals surface area (Å²) < 4.78 is 5.23. The Balaban J connectivity index is 1.72. The first kappa shape index (κ1) is 15.9. The molecule has 2 bridgehead atoms. The van der Waals surface area contributed by atoms with Gasteiger partial charge in [-0.05, 0) is 31.9 Å². The average molecular weight is 317 g/mol. The summed E-state index contributed by atoms with van der Waals surface area (Å²) in [5.74, 6) is 0.0397. The zero-order valence-electron chi connectivity index (χ0n) is 13.5. The van der Waals surface area contributed by atoms with Gasteiger partial charge in [-0.25, -0.2) is 0 Å². The number of aromatic nitrogens is 1. The van der Waals surface area contributed by atoms with Gasteiger partial charge in [-0.15, -0.1) is 0 Å². The van der Waals surface area contributed by atoms with Gasteiger partial charge in [-0.2, -0.15) is 0 Å². The Kier molecular flexibility index (Phi) is 4.91. The summed E-state index contributed by atoms with van der Waals surface area (Å²) in [6.45, 7) is 4.13. The van der Waals surface area contributed by atoms with Gasteiger partial charge in [0.15, 0.2) is 0 Å². The molecule has 0 aliphatic carbocycles. The second kappa shape index (κ2) is 7.08. The topological polar surface area (TPSA) is 62.7 Å². The van der Waals surface area contributed by atoms with E-state index in [0.717, 1.165) is 18.5 Å². The Bertz CT molecular complexity index is 563. The van der Waals surface area contributed by atoms with Crippen molar-refractivity contribution in [1.29, 1.82) is 0 Å². The number of fused-ring (bicyclic) bond motifs is 4. The number of hydrogen-bond acceptors (Lipinski definition) is 4. The number of amides is 2. The van der Waals surface area contributed by atoms with Gasteiger partial charge in [0.25, 0.3) is 0 Å². The van der Waals surface area contributed by atoms with Crippen molar-refractivity contribution in [3.05, 3.63) is 30.1 Å². The lowest BCUT2D eigenvalue weighted by molar-refractivity contribution is -0.140. The Morgan fingerprint density at radius 3 is 2.96 bits per heavy atom. The molecule has 3 saturated heterocycles. The van der Waals surface area contributed by atoms with Crippen LogP contribution in [-0.4, -0.2) is 58.9 Å². The van der Waals surface area contributed by atoms with Gasteiger partial charge in [0, 0.05) is 31.9 Å². The number of pyridine rings is 1. The standard InChI is InChI=1S/C17H23N3O3/c1-2-23-12-16(21)19-9-13-6-7-15(11-19)20(17(13)22)10-14-5-3-4-8-18-14/h3-5,8,13,15H,2,6-7,9-12H2,1H3/t13-,15+/m0/s1. The molecule has 0 spiro atoms. The number of hydrogen-bond donors (Lipinski definition) is 0. The molecule has 2 amide bonds. The average Bonchev–Trinajstić information content (AvgIpc) is 2.86. The first-order chi connectivity index (χ1) is 11.2. The summed E-state index contributed by atoms with van der Waals surface area (Å²) in [6, 6.07) is 5.81. The monoisotopic (exact) mass is 317 g/mol. The van der Waals surface area contributed by atoms with Crippen LogP contribution in [0.4, 0.5) is 0 Å². The van der Waals surface area contributed by atoms with Crippen LogP contribution in [0.5, 0.6) is 0 Å². The SMILES string of the molecule is CCOCC(=O)N1C[C@@H]2CC[C@H](C1)N(Cc1ccccn1)C2=O. The summed E-state index contributed by atoms with van der Waals surface area (Å²) in [5.41, 5.74) is 0.889. The second-order valence-corrected chi connectivity index (χ2v) is 6.15. The molecule has 0 aromatic carbocycles. The highest BCUT2D eigenvalue weighted by molar-refractivity contribution is 5.83. The summed E-state index contributed by atoms with van der Waals surface area (Å²) in [5, 5.41) is 0. The molecule has 3 aliphatic heterocycles. The number of piperidine rings is 1. The third-order valence-electron chi connectivity index (χ3n) is 4.63. The predicted octanol–water partition coefficient (Wildman–Crippen LogP) is 1.07. The quantitative estimate of drug-likeness (QED) is 0.815. The Morgan fingerprint density at radius 1 is 1.35 bits per heavy atom. The number of carbonyl (C=O) groups is 2. The highest BCUT2D eigenvalue weighted by Gasteiger charge is 2.41. The van der Waals surface area contributed by atoms with Crippen LogP contribution in [0.1, 0.15) is 25.5 Å². The molecule has 0 saturated carbocycles. The summed E-state index contributed by atoms with van der Waals surface area (Å²) in [7, 11) is 0. The van der Waals surface area contributed by atoms with Gasteiger partial charge in [-0.1, -0.05) is 6.07 Å². The fourth-order valence-electron chi connectivity index (χ4n) is 3.40. The molecule has 4 rings (SSSR count). The molecular formula is C17H23N3O3. The number of rotatable bonds is 5. The fourth-order valence-corrected chi connectivity index (χ4v) is 3.40. The van der Waals surface area contributed by atoms with E-state index in [2.05, 4.69) is 4.98 Å². The van der Waals surface area contributed by atoms with Gasteiger partial charge in [0.05, 0.1) is 18.2 Å². The smallest absolute Gasteiger partial charge is 0.248 e. The normalized spacial score (nSPS) is 24.0. The van der Waals surface area contributed by atoms with Gasteiger partial charge < -0.3 is 14.5 Å². The molecule has 1 aromatic heterocycles. The second-order valence-electron chi connectivity index (χ2n) is 6.15. The highest BCUT2D eigenvalue weighted by Crippen LogP contribution is 2.30. The molecule has 23 heavy (non-hydrogen) atoms. The summed E-state index contributed by atoms with van der Waals surface area (Å²) in [6.07, 6.45) is 3.55. The van der Waals surface area contributed by atoms with Crippen LogP contribution in [0.2, 0.25) is 0 Å². The van der Waals surface area contributed by atoms with E-state index in [-0.39, 0.29) is 30.4 Å². The van der Waals surface area contributed by atoms with E-state index in [1.807, 2.05) is 30.0 Å². The molecule has 1 aromatic rings. The minimum Gasteiger partial charge on any atom is -0.372 e. The van der Waals surface area contributed by atoms with Crippen LogP contribution in [0, 0.1) is 5.92 Å². The molecule has 6 nitrogen and oxygen atoms in total. The van der Waals surface area contributed by atoms with E-state index in [1.165, 1.54) is 0 Å². The van der Waals surface area contributed by atoms with Gasteiger partial charge in [0.2, 0.25) is 11.8 Å². The largest absolute Gasteiger partial charge is 0.372 e. The maximum atomic E-state index is 12.7. The van der Waals surface area contributed by atoms with Crippen LogP contribution in [0.15, 0.2) is 24.4 Å². The van der Waals surface area contributed by atoms with E-state index in [1.54, 1.807) is 11.1 Å². The first-order valence-electron chi connectivity index (χ1n) is 8.25. The molecule has 3 aliphatic rings. The van der Waals surface area contributed by atoms with Crippen LogP contribution in [0.3, 0.4) is 0 Å². The molecule has 0 radical (unpaired) electrons. The van der Waals surface area contributed by atoms with Crippen LogP contribution in [-0.2, 0) is 20.9 Å². The summed E-state index contributed by atoms with van der Waals surface area (Å²) in [4.78, 5) is 33.0. The maximum Gasteiger partial charge on any atom is 0.248 e. The van der Waals surface area contributed by atoms with Crippen molar-refractivity contribution in [3.63, 3.8) is 0 Å². The highest BCUT2D eigenvalue weighted by atomic mass is 16.5. The van der Waals surface area contributed by atoms with Crippen molar-refractivity contribution >= 4 is 11.8 Å². The molecule has 3 fully saturated rings. The molecule has 0 unspecified atom stereocenters. The lowest BCUT2D eigenvalue weighted by Gasteiger charge is -2.35. The molecule has 2 atom stereocenters. The minimum absolute atomic E-state index is 0.0174. The van der Waals surface area contributed by atoms with Crippen molar-refractivity contribution in [2.45, 2.75) is 32.4 Å². The van der Waals surface area contributed by atoms with Crippen molar-refractivity contribution in [1.82, 2.24) is 14.8 Å². The number of ether oxygens (including phenoxy) is 1. The molecular weight excluding hydrogens is 294 g/mol. The van der Waals surface area contributed by atoms with E-state index in [9.17, 15) is 9.59 Å². The van der Waals surface area contributed by atoms with Crippen LogP contribution < -0.4 is 0 Å². The molecule has 124 valence electrons. The molecule has 6 heteroatoms. The fraction of sp³-hybridized carbons (Fsp3) is 0.588. The molecule has 4 heterocycles. The van der Waals surface area contributed by atoms with Crippen molar-refractivity contribution < 1.29 is 14.3 Å². The lowest BCUT2D eigenvalue weighted by atomic mass is 9.94. The Labute approximate surface area is 136 Å². The number of carbonyl (C=O) groups excluding carboxylic acids is 2. The van der Waals surface area contributed by atoms with Crippen LogP contribution >= 0.6 is 0 Å². The van der Waals surface area contributed by atoms with Gasteiger partial charge in [-0.3, -0.25) is 14.6 Å². The Morgan fingerprint density at radius 2 is 2.22 bits per heavy atom. The maximum absolute atomic E-state index is 12.7. The van der Waals surface area contributed by atoms with E-state index in [0.29, 0.717) is 26.2 Å². The van der Waals surface area contributed by atoms with E-state index < -0.39 is 0 Å². The lowest BCUT2D eigenvalue weighted by Crippen LogP contribution is -2.47. The minimum atomic E-state index is -0.0944. The van der Waals surface area contributed by atoms with E-state index >= 15 is 0 Å². The summed E-state index contributed by atoms with van der Waals surface area (Å²) >= 11 is 0. The van der Waals surface area contributed by atoms with Crippen molar-refractivity contribution in [3.8, 4) is 0 Å². The Hall–Kier alpha value is -1.95. The van der Waals surface area contributed by atoms with Crippen molar-refractivity contribution in [2.24, 2.45) is 5.92 Å². The van der Waals surface area contributed by atoms with Crippen molar-refractivity contribution in [2.75, 3.05) is 26.3 Å². The third-order valence-corrected chi connectivity index (χ3v) is 4.63. The molecule has 0 N–H and O–H groups in total. The van der Waals surface area contributed by atoms with E-state index in [4.69, 9.17) is 4.74 Å².